The molecule has 1 fully saturated rings. The van der Waals surface area contributed by atoms with Crippen LogP contribution in [0.2, 0.25) is 0 Å². The van der Waals surface area contributed by atoms with E-state index >= 15 is 0 Å². The van der Waals surface area contributed by atoms with E-state index in [2.05, 4.69) is 0 Å². The third-order valence-corrected chi connectivity index (χ3v) is 2.70. The summed E-state index contributed by atoms with van der Waals surface area (Å²) >= 11 is 0. The molecule has 0 aromatic heterocycles. The number of amides is 1. The highest BCUT2D eigenvalue weighted by molar-refractivity contribution is 5.69. The van der Waals surface area contributed by atoms with Gasteiger partial charge in [0.2, 0.25) is 0 Å². The number of carbonyl (C=O) groups is 1. The number of carbonyl (C=O) groups excluding carboxylic acids is 1. The number of aliphatic hydroxyl groups excluding tert-OH is 1. The van der Waals surface area contributed by atoms with E-state index in [9.17, 15) is 18.0 Å². The summed E-state index contributed by atoms with van der Waals surface area (Å²) in [6.45, 7) is 4.25. The zero-order chi connectivity index (χ0) is 14.1. The standard InChI is InChI=1S/C11H18F3NO3/c1-10(2,3)18-9(17)15-7(6-16)4-5-8(15)11(12,13)14/h7-8,16H,4-6H2,1-3H3. The van der Waals surface area contributed by atoms with Gasteiger partial charge in [-0.25, -0.2) is 4.79 Å². The van der Waals surface area contributed by atoms with Crippen LogP contribution in [0.1, 0.15) is 33.6 Å². The molecule has 18 heavy (non-hydrogen) atoms. The molecular formula is C11H18F3NO3. The van der Waals surface area contributed by atoms with Crippen molar-refractivity contribution in [2.75, 3.05) is 6.61 Å². The Balaban J connectivity index is 2.88. The first-order chi connectivity index (χ1) is 8.06. The second-order valence-electron chi connectivity index (χ2n) is 5.36. The molecule has 1 N–H and O–H groups in total. The van der Waals surface area contributed by atoms with Gasteiger partial charge in [-0.2, -0.15) is 13.2 Å². The highest BCUT2D eigenvalue weighted by Gasteiger charge is 2.52. The number of alkyl halides is 3. The molecule has 106 valence electrons. The number of aliphatic hydroxyl groups is 1. The zero-order valence-electron chi connectivity index (χ0n) is 10.6. The minimum Gasteiger partial charge on any atom is -0.444 e. The first-order valence-electron chi connectivity index (χ1n) is 5.75. The summed E-state index contributed by atoms with van der Waals surface area (Å²) in [4.78, 5) is 12.4. The number of rotatable bonds is 1. The van der Waals surface area contributed by atoms with Crippen molar-refractivity contribution < 1.29 is 27.8 Å². The Bertz CT molecular complexity index is 312. The average Bonchev–Trinajstić information content (AvgIpc) is 2.56. The van der Waals surface area contributed by atoms with E-state index in [1.54, 1.807) is 20.8 Å². The molecule has 0 aromatic carbocycles. The minimum absolute atomic E-state index is 0.125. The van der Waals surface area contributed by atoms with Gasteiger partial charge in [-0.05, 0) is 33.6 Å². The molecule has 7 heteroatoms. The third kappa shape index (κ3) is 3.51. The van der Waals surface area contributed by atoms with E-state index in [4.69, 9.17) is 9.84 Å². The van der Waals surface area contributed by atoms with E-state index in [1.807, 2.05) is 0 Å². The van der Waals surface area contributed by atoms with Gasteiger partial charge >= 0.3 is 12.3 Å². The van der Waals surface area contributed by atoms with Crippen molar-refractivity contribution in [1.82, 2.24) is 4.90 Å². The van der Waals surface area contributed by atoms with Crippen LogP contribution in [0, 0.1) is 0 Å². The number of halogens is 3. The molecule has 1 aliphatic heterocycles. The minimum atomic E-state index is -4.50. The van der Waals surface area contributed by atoms with Gasteiger partial charge in [0.05, 0.1) is 12.6 Å². The highest BCUT2D eigenvalue weighted by atomic mass is 19.4. The van der Waals surface area contributed by atoms with Gasteiger partial charge in [0.25, 0.3) is 0 Å². The van der Waals surface area contributed by atoms with Gasteiger partial charge in [-0.15, -0.1) is 0 Å². The Labute approximate surface area is 104 Å². The van der Waals surface area contributed by atoms with Crippen LogP contribution in [0.15, 0.2) is 0 Å². The van der Waals surface area contributed by atoms with Gasteiger partial charge < -0.3 is 9.84 Å². The third-order valence-electron chi connectivity index (χ3n) is 2.70. The Kier molecular flexibility index (Phi) is 4.15. The van der Waals surface area contributed by atoms with Gasteiger partial charge in [0.1, 0.15) is 11.6 Å². The molecule has 1 heterocycles. The fourth-order valence-corrected chi connectivity index (χ4v) is 1.97. The zero-order valence-corrected chi connectivity index (χ0v) is 10.6. The molecule has 2 atom stereocenters. The van der Waals surface area contributed by atoms with Crippen LogP contribution in [0.3, 0.4) is 0 Å². The maximum absolute atomic E-state index is 12.8. The number of ether oxygens (including phenoxy) is 1. The molecule has 0 spiro atoms. The van der Waals surface area contributed by atoms with Crippen LogP contribution in [-0.4, -0.2) is 46.6 Å². The monoisotopic (exact) mass is 269 g/mol. The number of nitrogens with zero attached hydrogens (tertiary/aromatic N) is 1. The van der Waals surface area contributed by atoms with Gasteiger partial charge in [0, 0.05) is 0 Å². The van der Waals surface area contributed by atoms with Crippen LogP contribution < -0.4 is 0 Å². The van der Waals surface area contributed by atoms with Crippen LogP contribution in [-0.2, 0) is 4.74 Å². The van der Waals surface area contributed by atoms with Crippen LogP contribution in [0.4, 0.5) is 18.0 Å². The van der Waals surface area contributed by atoms with Crippen LogP contribution in [0.25, 0.3) is 0 Å². The summed E-state index contributed by atoms with van der Waals surface area (Å²) in [5.41, 5.74) is -0.865. The second kappa shape index (κ2) is 4.95. The number of likely N-dealkylation sites (tertiary alicyclic amines) is 1. The summed E-state index contributed by atoms with van der Waals surface area (Å²) in [7, 11) is 0. The van der Waals surface area contributed by atoms with Crippen LogP contribution in [0.5, 0.6) is 0 Å². The van der Waals surface area contributed by atoms with E-state index in [0.29, 0.717) is 4.90 Å². The summed E-state index contributed by atoms with van der Waals surface area (Å²) in [6.07, 6.45) is -5.60. The van der Waals surface area contributed by atoms with Crippen molar-refractivity contribution in [2.24, 2.45) is 0 Å². The van der Waals surface area contributed by atoms with Gasteiger partial charge in [-0.1, -0.05) is 0 Å². The fraction of sp³-hybridized carbons (Fsp3) is 0.909. The molecule has 0 saturated carbocycles. The summed E-state index contributed by atoms with van der Waals surface area (Å²) in [5.74, 6) is 0. The molecule has 1 aliphatic rings. The van der Waals surface area contributed by atoms with Crippen molar-refractivity contribution in [2.45, 2.75) is 57.5 Å². The molecule has 1 amide bonds. The van der Waals surface area contributed by atoms with E-state index in [-0.39, 0.29) is 12.8 Å². The quantitative estimate of drug-likeness (QED) is 0.794. The molecule has 0 aromatic rings. The lowest BCUT2D eigenvalue weighted by molar-refractivity contribution is -0.177. The topological polar surface area (TPSA) is 49.8 Å². The van der Waals surface area contributed by atoms with Crippen LogP contribution >= 0.6 is 0 Å². The number of hydrogen-bond donors (Lipinski definition) is 1. The molecule has 1 saturated heterocycles. The Morgan fingerprint density at radius 2 is 1.89 bits per heavy atom. The summed E-state index contributed by atoms with van der Waals surface area (Å²) < 4.78 is 43.3. The Hall–Kier alpha value is -0.980. The summed E-state index contributed by atoms with van der Waals surface area (Å²) in [6, 6.07) is -2.70. The maximum atomic E-state index is 12.8. The fourth-order valence-electron chi connectivity index (χ4n) is 1.97. The highest BCUT2D eigenvalue weighted by Crippen LogP contribution is 2.36. The van der Waals surface area contributed by atoms with Gasteiger partial charge in [-0.3, -0.25) is 4.90 Å². The van der Waals surface area contributed by atoms with Crippen molar-refractivity contribution in [3.8, 4) is 0 Å². The maximum Gasteiger partial charge on any atom is 0.411 e. The SMILES string of the molecule is CC(C)(C)OC(=O)N1C(CO)CCC1C(F)(F)F. The molecule has 4 nitrogen and oxygen atoms in total. The number of hydrogen-bond acceptors (Lipinski definition) is 3. The Morgan fingerprint density at radius 3 is 2.28 bits per heavy atom. The molecule has 0 bridgehead atoms. The largest absolute Gasteiger partial charge is 0.444 e. The van der Waals surface area contributed by atoms with E-state index in [0.717, 1.165) is 0 Å². The lowest BCUT2D eigenvalue weighted by Gasteiger charge is -2.32. The normalized spacial score (nSPS) is 25.4. The molecule has 2 unspecified atom stereocenters. The molecule has 1 rings (SSSR count). The van der Waals surface area contributed by atoms with Crippen molar-refractivity contribution in [3.63, 3.8) is 0 Å². The molecule has 0 radical (unpaired) electrons. The molecule has 0 aliphatic carbocycles. The van der Waals surface area contributed by atoms with E-state index < -0.39 is 36.6 Å². The lowest BCUT2D eigenvalue weighted by Crippen LogP contribution is -2.50. The van der Waals surface area contributed by atoms with Crippen molar-refractivity contribution >= 4 is 6.09 Å². The van der Waals surface area contributed by atoms with Crippen molar-refractivity contribution in [1.29, 1.82) is 0 Å². The smallest absolute Gasteiger partial charge is 0.411 e. The first kappa shape index (κ1) is 15.1. The lowest BCUT2D eigenvalue weighted by atomic mass is 10.2. The second-order valence-corrected chi connectivity index (χ2v) is 5.36. The van der Waals surface area contributed by atoms with Crippen molar-refractivity contribution in [3.05, 3.63) is 0 Å². The Morgan fingerprint density at radius 1 is 1.33 bits per heavy atom. The van der Waals surface area contributed by atoms with Gasteiger partial charge in [0.15, 0.2) is 0 Å². The predicted octanol–water partition coefficient (Wildman–Crippen LogP) is 2.31. The predicted molar refractivity (Wildman–Crippen MR) is 58.0 cm³/mol. The average molecular weight is 269 g/mol. The molecular weight excluding hydrogens is 251 g/mol. The van der Waals surface area contributed by atoms with E-state index in [1.165, 1.54) is 0 Å². The summed E-state index contributed by atoms with van der Waals surface area (Å²) in [5, 5.41) is 9.05. The first-order valence-corrected chi connectivity index (χ1v) is 5.75.